The molecule has 1 atom stereocenters. The first-order valence-electron chi connectivity index (χ1n) is 11.0. The summed E-state index contributed by atoms with van der Waals surface area (Å²) in [5.41, 5.74) is 1.25. The van der Waals surface area contributed by atoms with Crippen LogP contribution in [0.2, 0.25) is 0 Å². The fourth-order valence-electron chi connectivity index (χ4n) is 4.57. The lowest BCUT2D eigenvalue weighted by Gasteiger charge is -2.43. The summed E-state index contributed by atoms with van der Waals surface area (Å²) in [6.45, 7) is 8.89. The van der Waals surface area contributed by atoms with Crippen molar-refractivity contribution in [3.8, 4) is 11.5 Å². The van der Waals surface area contributed by atoms with Crippen LogP contribution in [-0.4, -0.2) is 85.2 Å². The number of hydrogen-bond acceptors (Lipinski definition) is 6. The van der Waals surface area contributed by atoms with E-state index < -0.39 is 0 Å². The predicted molar refractivity (Wildman–Crippen MR) is 112 cm³/mol. The third kappa shape index (κ3) is 5.23. The normalized spacial score (nSPS) is 22.2. The first-order valence-corrected chi connectivity index (χ1v) is 11.0. The molecule has 0 saturated carbocycles. The van der Waals surface area contributed by atoms with Gasteiger partial charge in [0.2, 0.25) is 18.6 Å². The highest BCUT2D eigenvalue weighted by atomic mass is 16.7. The Morgan fingerprint density at radius 3 is 2.70 bits per heavy atom. The lowest BCUT2D eigenvalue weighted by molar-refractivity contribution is -0.133. The Kier molecular flexibility index (Phi) is 6.74. The molecule has 164 valence electrons. The third-order valence-electron chi connectivity index (χ3n) is 6.23. The fourth-order valence-corrected chi connectivity index (χ4v) is 4.57. The molecular formula is C22H32N4O4. The van der Waals surface area contributed by atoms with E-state index in [1.165, 1.54) is 12.5 Å². The fraction of sp³-hybridized carbons (Fsp3) is 0.636. The molecule has 2 saturated heterocycles. The molecule has 1 aromatic rings. The minimum absolute atomic E-state index is 0.0852. The highest BCUT2D eigenvalue weighted by Crippen LogP contribution is 2.33. The van der Waals surface area contributed by atoms with Gasteiger partial charge < -0.3 is 19.7 Å². The molecule has 3 aliphatic rings. The Hall–Kier alpha value is -2.32. The monoisotopic (exact) mass is 416 g/mol. The zero-order chi connectivity index (χ0) is 20.9. The van der Waals surface area contributed by atoms with Crippen LogP contribution in [0.3, 0.4) is 0 Å². The molecule has 1 N–H and O–H groups in total. The molecule has 0 unspecified atom stereocenters. The van der Waals surface area contributed by atoms with Crippen molar-refractivity contribution in [3.63, 3.8) is 0 Å². The molecule has 2 amide bonds. The van der Waals surface area contributed by atoms with Crippen LogP contribution in [0.4, 0.5) is 0 Å². The number of amides is 2. The van der Waals surface area contributed by atoms with E-state index in [2.05, 4.69) is 27.2 Å². The lowest BCUT2D eigenvalue weighted by Crippen LogP contribution is -2.55. The number of benzene rings is 1. The largest absolute Gasteiger partial charge is 0.454 e. The molecule has 0 aliphatic carbocycles. The van der Waals surface area contributed by atoms with Gasteiger partial charge in [0.05, 0.1) is 0 Å². The summed E-state index contributed by atoms with van der Waals surface area (Å²) >= 11 is 0. The molecule has 0 aromatic heterocycles. The number of nitrogens with one attached hydrogen (secondary N) is 1. The maximum Gasteiger partial charge on any atom is 0.231 e. The van der Waals surface area contributed by atoms with Crippen LogP contribution in [0.1, 0.15) is 31.7 Å². The van der Waals surface area contributed by atoms with Crippen molar-refractivity contribution in [1.29, 1.82) is 0 Å². The lowest BCUT2D eigenvalue weighted by atomic mass is 10.0. The average molecular weight is 417 g/mol. The van der Waals surface area contributed by atoms with E-state index in [9.17, 15) is 9.59 Å². The number of likely N-dealkylation sites (tertiary alicyclic amines) is 1. The van der Waals surface area contributed by atoms with Crippen LogP contribution >= 0.6 is 0 Å². The van der Waals surface area contributed by atoms with Gasteiger partial charge in [-0.2, -0.15) is 0 Å². The molecule has 3 aliphatic heterocycles. The van der Waals surface area contributed by atoms with Crippen molar-refractivity contribution < 1.29 is 19.1 Å². The Morgan fingerprint density at radius 1 is 1.10 bits per heavy atom. The highest BCUT2D eigenvalue weighted by Gasteiger charge is 2.30. The smallest absolute Gasteiger partial charge is 0.231 e. The van der Waals surface area contributed by atoms with E-state index in [0.29, 0.717) is 25.8 Å². The summed E-state index contributed by atoms with van der Waals surface area (Å²) < 4.78 is 10.9. The van der Waals surface area contributed by atoms with E-state index >= 15 is 0 Å². The second-order valence-electron chi connectivity index (χ2n) is 8.37. The van der Waals surface area contributed by atoms with Crippen molar-refractivity contribution in [2.45, 2.75) is 38.8 Å². The SMILES string of the molecule is CC(=O)NCCC(=O)N1CCC[C@H](N2CCN(Cc3ccc4c(c3)OCO4)CC2)C1. The van der Waals surface area contributed by atoms with Gasteiger partial charge in [0.25, 0.3) is 0 Å². The minimum Gasteiger partial charge on any atom is -0.454 e. The molecule has 4 rings (SSSR count). The van der Waals surface area contributed by atoms with Crippen LogP contribution in [0.25, 0.3) is 0 Å². The van der Waals surface area contributed by atoms with Gasteiger partial charge in [-0.3, -0.25) is 19.4 Å². The molecule has 8 heteroatoms. The number of carbonyl (C=O) groups is 2. The van der Waals surface area contributed by atoms with Crippen LogP contribution in [-0.2, 0) is 16.1 Å². The highest BCUT2D eigenvalue weighted by molar-refractivity contribution is 5.78. The Balaban J connectivity index is 1.22. The summed E-state index contributed by atoms with van der Waals surface area (Å²) in [7, 11) is 0. The first kappa shape index (κ1) is 20.9. The molecule has 30 heavy (non-hydrogen) atoms. The van der Waals surface area contributed by atoms with Crippen molar-refractivity contribution >= 4 is 11.8 Å². The Morgan fingerprint density at radius 2 is 1.90 bits per heavy atom. The van der Waals surface area contributed by atoms with Crippen LogP contribution in [0.5, 0.6) is 11.5 Å². The standard InChI is InChI=1S/C22H32N4O4/c1-17(27)23-7-6-22(28)26-8-2-3-19(15-26)25-11-9-24(10-12-25)14-18-4-5-20-21(13-18)30-16-29-20/h4-5,13,19H,2-3,6-12,14-16H2,1H3,(H,23,27)/t19-/m0/s1. The number of hydrogen-bond donors (Lipinski definition) is 1. The third-order valence-corrected chi connectivity index (χ3v) is 6.23. The molecule has 0 radical (unpaired) electrons. The molecule has 2 fully saturated rings. The number of rotatable bonds is 6. The second-order valence-corrected chi connectivity index (χ2v) is 8.37. The van der Waals surface area contributed by atoms with Crippen LogP contribution in [0, 0.1) is 0 Å². The van der Waals surface area contributed by atoms with E-state index in [0.717, 1.165) is 70.2 Å². The number of ether oxygens (including phenoxy) is 2. The molecule has 3 heterocycles. The topological polar surface area (TPSA) is 74.4 Å². The van der Waals surface area contributed by atoms with Crippen molar-refractivity contribution in [2.24, 2.45) is 0 Å². The quantitative estimate of drug-likeness (QED) is 0.747. The Labute approximate surface area is 178 Å². The van der Waals surface area contributed by atoms with Gasteiger partial charge in [-0.15, -0.1) is 0 Å². The number of nitrogens with zero attached hydrogens (tertiary/aromatic N) is 3. The number of piperazine rings is 1. The predicted octanol–water partition coefficient (Wildman–Crippen LogP) is 1.05. The van der Waals surface area contributed by atoms with E-state index in [1.807, 2.05) is 11.0 Å². The van der Waals surface area contributed by atoms with Crippen molar-refractivity contribution in [3.05, 3.63) is 23.8 Å². The molecular weight excluding hydrogens is 384 g/mol. The average Bonchev–Trinajstić information content (AvgIpc) is 3.22. The van der Waals surface area contributed by atoms with Gasteiger partial charge in [-0.1, -0.05) is 6.07 Å². The van der Waals surface area contributed by atoms with E-state index in [1.54, 1.807) is 0 Å². The maximum atomic E-state index is 12.5. The summed E-state index contributed by atoms with van der Waals surface area (Å²) in [6, 6.07) is 6.63. The summed E-state index contributed by atoms with van der Waals surface area (Å²) in [4.78, 5) is 30.5. The molecule has 1 aromatic carbocycles. The number of fused-ring (bicyclic) bond motifs is 1. The zero-order valence-electron chi connectivity index (χ0n) is 17.8. The molecule has 8 nitrogen and oxygen atoms in total. The van der Waals surface area contributed by atoms with E-state index in [4.69, 9.17) is 9.47 Å². The maximum absolute atomic E-state index is 12.5. The van der Waals surface area contributed by atoms with Crippen molar-refractivity contribution in [2.75, 3.05) is 52.6 Å². The number of piperidine rings is 1. The summed E-state index contributed by atoms with van der Waals surface area (Å²) in [5.74, 6) is 1.74. The number of carbonyl (C=O) groups excluding carboxylic acids is 2. The first-order chi connectivity index (χ1) is 14.6. The van der Waals surface area contributed by atoms with Gasteiger partial charge in [-0.05, 0) is 30.5 Å². The van der Waals surface area contributed by atoms with Crippen LogP contribution < -0.4 is 14.8 Å². The minimum atomic E-state index is -0.0852. The van der Waals surface area contributed by atoms with Crippen molar-refractivity contribution in [1.82, 2.24) is 20.0 Å². The molecule has 0 bridgehead atoms. The van der Waals surface area contributed by atoms with Crippen LogP contribution in [0.15, 0.2) is 18.2 Å². The van der Waals surface area contributed by atoms with Gasteiger partial charge in [0, 0.05) is 71.7 Å². The van der Waals surface area contributed by atoms with E-state index in [-0.39, 0.29) is 11.8 Å². The van der Waals surface area contributed by atoms with Gasteiger partial charge >= 0.3 is 0 Å². The van der Waals surface area contributed by atoms with Gasteiger partial charge in [0.15, 0.2) is 11.5 Å². The zero-order valence-corrected chi connectivity index (χ0v) is 17.8. The van der Waals surface area contributed by atoms with Gasteiger partial charge in [0.1, 0.15) is 0 Å². The summed E-state index contributed by atoms with van der Waals surface area (Å²) in [6.07, 6.45) is 2.58. The molecule has 0 spiro atoms. The second kappa shape index (κ2) is 9.66. The summed E-state index contributed by atoms with van der Waals surface area (Å²) in [5, 5.41) is 2.71. The Bertz CT molecular complexity index is 764. The van der Waals surface area contributed by atoms with Gasteiger partial charge in [-0.25, -0.2) is 0 Å².